The van der Waals surface area contributed by atoms with E-state index in [0.29, 0.717) is 18.8 Å². The summed E-state index contributed by atoms with van der Waals surface area (Å²) < 4.78 is 0. The highest BCUT2D eigenvalue weighted by Gasteiger charge is 1.98. The summed E-state index contributed by atoms with van der Waals surface area (Å²) in [5, 5.41) is 33.5. The predicted molar refractivity (Wildman–Crippen MR) is 133 cm³/mol. The lowest BCUT2D eigenvalue weighted by molar-refractivity contribution is -0.138. The number of carboxylic acid groups (broad SMARTS) is 2. The number of unbranched alkanes of at least 4 members (excludes halogenated alkanes) is 12. The van der Waals surface area contributed by atoms with Crippen molar-refractivity contribution < 1.29 is 30.0 Å². The third-order valence-corrected chi connectivity index (χ3v) is 5.23. The average molecular weight is 463 g/mol. The van der Waals surface area contributed by atoms with Crippen molar-refractivity contribution in [2.45, 2.75) is 136 Å². The standard InChI is InChI=1S/2C10H20O2.C6H14O2/c2*1-2-3-4-5-6-7-8-9-10(11)12;1-6(2-4-7)3-5-8/h2*2-9H2,1H3,(H,11,12);6-8H,2-5H2,1H3. The monoisotopic (exact) mass is 462 g/mol. The van der Waals surface area contributed by atoms with Crippen LogP contribution < -0.4 is 0 Å². The molecule has 4 N–H and O–H groups in total. The largest absolute Gasteiger partial charge is 0.481 e. The van der Waals surface area contributed by atoms with Gasteiger partial charge in [-0.1, -0.05) is 97.8 Å². The SMILES string of the molecule is CC(CCO)CCO.CCCCCCCCCC(=O)O.CCCCCCCCCC(=O)O. The van der Waals surface area contributed by atoms with Gasteiger partial charge in [0.25, 0.3) is 0 Å². The van der Waals surface area contributed by atoms with E-state index in [4.69, 9.17) is 20.4 Å². The van der Waals surface area contributed by atoms with Crippen molar-refractivity contribution in [3.63, 3.8) is 0 Å². The summed E-state index contributed by atoms with van der Waals surface area (Å²) in [6.07, 6.45) is 18.9. The molecule has 194 valence electrons. The second kappa shape index (κ2) is 32.0. The molecule has 0 heterocycles. The molecule has 6 heteroatoms. The molecule has 0 aliphatic carbocycles. The molecule has 0 aromatic rings. The van der Waals surface area contributed by atoms with E-state index in [2.05, 4.69) is 13.8 Å². The minimum absolute atomic E-state index is 0.237. The molecule has 0 aromatic heterocycles. The number of rotatable bonds is 20. The fourth-order valence-corrected chi connectivity index (χ4v) is 3.05. The minimum atomic E-state index is -0.663. The Morgan fingerprint density at radius 2 is 0.844 bits per heavy atom. The molecular weight excluding hydrogens is 408 g/mol. The van der Waals surface area contributed by atoms with Gasteiger partial charge in [-0.05, 0) is 31.6 Å². The molecule has 0 atom stereocenters. The van der Waals surface area contributed by atoms with Crippen LogP contribution in [-0.2, 0) is 9.59 Å². The van der Waals surface area contributed by atoms with E-state index in [1.165, 1.54) is 64.2 Å². The van der Waals surface area contributed by atoms with Crippen LogP contribution in [0.15, 0.2) is 0 Å². The van der Waals surface area contributed by atoms with Gasteiger partial charge in [0, 0.05) is 26.1 Å². The van der Waals surface area contributed by atoms with Crippen LogP contribution in [0.5, 0.6) is 0 Å². The van der Waals surface area contributed by atoms with Crippen LogP contribution in [0.25, 0.3) is 0 Å². The highest BCUT2D eigenvalue weighted by atomic mass is 16.4. The first-order valence-electron chi connectivity index (χ1n) is 13.0. The van der Waals surface area contributed by atoms with Crippen molar-refractivity contribution in [3.8, 4) is 0 Å². The Kier molecular flexibility index (Phi) is 35.5. The number of aliphatic hydroxyl groups excluding tert-OH is 2. The Labute approximate surface area is 197 Å². The highest BCUT2D eigenvalue weighted by molar-refractivity contribution is 5.66. The Balaban J connectivity index is -0.000000404. The number of hydrogen-bond donors (Lipinski definition) is 4. The summed E-state index contributed by atoms with van der Waals surface area (Å²) >= 11 is 0. The van der Waals surface area contributed by atoms with Crippen molar-refractivity contribution in [1.82, 2.24) is 0 Å². The van der Waals surface area contributed by atoms with Crippen LogP contribution in [0.3, 0.4) is 0 Å². The van der Waals surface area contributed by atoms with Gasteiger partial charge in [0.15, 0.2) is 0 Å². The summed E-state index contributed by atoms with van der Waals surface area (Å²) in [6.45, 7) is 6.89. The van der Waals surface area contributed by atoms with E-state index < -0.39 is 11.9 Å². The Morgan fingerprint density at radius 3 is 1.09 bits per heavy atom. The molecule has 0 radical (unpaired) electrons. The number of hydrogen-bond acceptors (Lipinski definition) is 4. The molecule has 0 saturated heterocycles. The van der Waals surface area contributed by atoms with Gasteiger partial charge in [0.1, 0.15) is 0 Å². The molecule has 0 aliphatic rings. The highest BCUT2D eigenvalue weighted by Crippen LogP contribution is 2.09. The molecule has 6 nitrogen and oxygen atoms in total. The molecule has 0 saturated carbocycles. The van der Waals surface area contributed by atoms with E-state index in [9.17, 15) is 9.59 Å². The first-order valence-corrected chi connectivity index (χ1v) is 13.0. The molecule has 0 fully saturated rings. The normalized spacial score (nSPS) is 10.2. The number of carbonyl (C=O) groups is 2. The lowest BCUT2D eigenvalue weighted by atomic mass is 10.1. The van der Waals surface area contributed by atoms with E-state index >= 15 is 0 Å². The van der Waals surface area contributed by atoms with Gasteiger partial charge < -0.3 is 20.4 Å². The molecular formula is C26H54O6. The van der Waals surface area contributed by atoms with Gasteiger partial charge >= 0.3 is 11.9 Å². The van der Waals surface area contributed by atoms with Crippen LogP contribution in [0.2, 0.25) is 0 Å². The zero-order chi connectivity index (χ0) is 24.9. The van der Waals surface area contributed by atoms with Crippen molar-refractivity contribution >= 4 is 11.9 Å². The zero-order valence-corrected chi connectivity index (χ0v) is 21.3. The fraction of sp³-hybridized carbons (Fsp3) is 0.923. The predicted octanol–water partition coefficient (Wildman–Crippen LogP) is 6.81. The number of carboxylic acids is 2. The minimum Gasteiger partial charge on any atom is -0.481 e. The number of aliphatic hydroxyl groups is 2. The summed E-state index contributed by atoms with van der Waals surface area (Å²) in [5.41, 5.74) is 0. The molecule has 0 unspecified atom stereocenters. The van der Waals surface area contributed by atoms with Crippen LogP contribution in [0, 0.1) is 5.92 Å². The second-order valence-electron chi connectivity index (χ2n) is 8.66. The number of aliphatic carboxylic acids is 2. The maximum absolute atomic E-state index is 10.1. The molecule has 0 spiro atoms. The van der Waals surface area contributed by atoms with Gasteiger partial charge in [-0.3, -0.25) is 9.59 Å². The van der Waals surface area contributed by atoms with E-state index in [-0.39, 0.29) is 13.2 Å². The zero-order valence-electron chi connectivity index (χ0n) is 21.3. The first kappa shape index (κ1) is 35.4. The Bertz CT molecular complexity index is 339. The fourth-order valence-electron chi connectivity index (χ4n) is 3.05. The second-order valence-corrected chi connectivity index (χ2v) is 8.66. The smallest absolute Gasteiger partial charge is 0.303 e. The Hall–Kier alpha value is -1.14. The molecule has 0 aliphatic heterocycles. The lowest BCUT2D eigenvalue weighted by Crippen LogP contribution is -1.99. The van der Waals surface area contributed by atoms with Crippen molar-refractivity contribution in [2.75, 3.05) is 13.2 Å². The topological polar surface area (TPSA) is 115 Å². The van der Waals surface area contributed by atoms with Gasteiger partial charge in [-0.25, -0.2) is 0 Å². The van der Waals surface area contributed by atoms with E-state index in [1.54, 1.807) is 0 Å². The summed E-state index contributed by atoms with van der Waals surface area (Å²) in [7, 11) is 0. The molecule has 0 amide bonds. The third-order valence-electron chi connectivity index (χ3n) is 5.23. The summed E-state index contributed by atoms with van der Waals surface area (Å²) in [5.74, 6) is -0.864. The molecule has 0 aromatic carbocycles. The van der Waals surface area contributed by atoms with Crippen molar-refractivity contribution in [1.29, 1.82) is 0 Å². The van der Waals surface area contributed by atoms with Gasteiger partial charge in [-0.2, -0.15) is 0 Å². The van der Waals surface area contributed by atoms with Gasteiger partial charge in [0.05, 0.1) is 0 Å². The molecule has 32 heavy (non-hydrogen) atoms. The first-order chi connectivity index (χ1) is 15.3. The van der Waals surface area contributed by atoms with Crippen LogP contribution in [0.1, 0.15) is 136 Å². The summed E-state index contributed by atoms with van der Waals surface area (Å²) in [6, 6.07) is 0. The van der Waals surface area contributed by atoms with Crippen molar-refractivity contribution in [3.05, 3.63) is 0 Å². The average Bonchev–Trinajstić information content (AvgIpc) is 2.73. The maximum Gasteiger partial charge on any atom is 0.303 e. The maximum atomic E-state index is 10.1. The van der Waals surface area contributed by atoms with Crippen LogP contribution >= 0.6 is 0 Å². The lowest BCUT2D eigenvalue weighted by Gasteiger charge is -2.04. The quantitative estimate of drug-likeness (QED) is 0.148. The van der Waals surface area contributed by atoms with E-state index in [1.807, 2.05) is 6.92 Å². The molecule has 0 rings (SSSR count). The van der Waals surface area contributed by atoms with Gasteiger partial charge in [0.2, 0.25) is 0 Å². The van der Waals surface area contributed by atoms with Crippen LogP contribution in [0.4, 0.5) is 0 Å². The van der Waals surface area contributed by atoms with E-state index in [0.717, 1.165) is 38.5 Å². The Morgan fingerprint density at radius 1 is 0.562 bits per heavy atom. The summed E-state index contributed by atoms with van der Waals surface area (Å²) in [4.78, 5) is 20.3. The third kappa shape index (κ3) is 42.9. The van der Waals surface area contributed by atoms with Gasteiger partial charge in [-0.15, -0.1) is 0 Å². The molecule has 0 bridgehead atoms. The van der Waals surface area contributed by atoms with Crippen molar-refractivity contribution in [2.24, 2.45) is 5.92 Å². The van der Waals surface area contributed by atoms with Crippen LogP contribution in [-0.4, -0.2) is 45.6 Å².